The van der Waals surface area contributed by atoms with Gasteiger partial charge in [0.2, 0.25) is 5.91 Å². The van der Waals surface area contributed by atoms with Gasteiger partial charge in [0.25, 0.3) is 0 Å². The summed E-state index contributed by atoms with van der Waals surface area (Å²) in [5, 5.41) is 0. The molecule has 5 nitrogen and oxygen atoms in total. The number of Topliss-reactive ketones (excluding diaryl/α,β-unsaturated/α-hetero) is 1. The number of para-hydroxylation sites is 1. The molecule has 7 heteroatoms. The molecule has 1 aromatic carbocycles. The molecule has 1 aliphatic rings. The second kappa shape index (κ2) is 7.53. The van der Waals surface area contributed by atoms with Crippen molar-refractivity contribution in [3.63, 3.8) is 0 Å². The average Bonchev–Trinajstić information content (AvgIpc) is 2.91. The standard InChI is InChI=1S/C14H15NO4S2/c1-18-9-19-12-5-3-2-4-10(12)11(16)8-13(17)15-6-7-21-14(15)20/h2-5H,6-9H2,1H3. The van der Waals surface area contributed by atoms with Gasteiger partial charge < -0.3 is 9.47 Å². The quantitative estimate of drug-likeness (QED) is 0.345. The number of nitrogens with zero attached hydrogens (tertiary/aromatic N) is 1. The van der Waals surface area contributed by atoms with E-state index in [0.717, 1.165) is 5.75 Å². The maximum absolute atomic E-state index is 12.3. The van der Waals surface area contributed by atoms with Crippen molar-refractivity contribution in [1.29, 1.82) is 0 Å². The van der Waals surface area contributed by atoms with Crippen LogP contribution in [-0.4, -0.2) is 47.1 Å². The first-order valence-corrected chi connectivity index (χ1v) is 7.74. The van der Waals surface area contributed by atoms with Gasteiger partial charge in [-0.2, -0.15) is 0 Å². The van der Waals surface area contributed by atoms with Crippen molar-refractivity contribution < 1.29 is 19.1 Å². The molecule has 1 amide bonds. The maximum Gasteiger partial charge on any atom is 0.235 e. The Balaban J connectivity index is 2.06. The first-order valence-electron chi connectivity index (χ1n) is 6.34. The van der Waals surface area contributed by atoms with Crippen LogP contribution in [0, 0.1) is 0 Å². The number of benzene rings is 1. The summed E-state index contributed by atoms with van der Waals surface area (Å²) < 4.78 is 10.7. The van der Waals surface area contributed by atoms with Gasteiger partial charge in [-0.1, -0.05) is 36.1 Å². The fraction of sp³-hybridized carbons (Fsp3) is 0.357. The van der Waals surface area contributed by atoms with Gasteiger partial charge in [0.05, 0.1) is 12.0 Å². The van der Waals surface area contributed by atoms with E-state index in [1.165, 1.54) is 23.8 Å². The van der Waals surface area contributed by atoms with E-state index < -0.39 is 0 Å². The van der Waals surface area contributed by atoms with E-state index in [9.17, 15) is 9.59 Å². The van der Waals surface area contributed by atoms with E-state index in [1.54, 1.807) is 24.3 Å². The molecule has 0 radical (unpaired) electrons. The van der Waals surface area contributed by atoms with Gasteiger partial charge in [-0.15, -0.1) is 0 Å². The largest absolute Gasteiger partial charge is 0.467 e. The molecule has 0 saturated carbocycles. The van der Waals surface area contributed by atoms with Gasteiger partial charge in [-0.3, -0.25) is 14.5 Å². The highest BCUT2D eigenvalue weighted by Gasteiger charge is 2.26. The summed E-state index contributed by atoms with van der Waals surface area (Å²) in [6.07, 6.45) is -0.214. The minimum absolute atomic E-state index is 0.0467. The number of thioether (sulfide) groups is 1. The Labute approximate surface area is 132 Å². The summed E-state index contributed by atoms with van der Waals surface area (Å²) in [7, 11) is 1.50. The molecule has 0 aromatic heterocycles. The Morgan fingerprint density at radius 3 is 2.81 bits per heavy atom. The minimum Gasteiger partial charge on any atom is -0.467 e. The van der Waals surface area contributed by atoms with E-state index in [2.05, 4.69) is 0 Å². The van der Waals surface area contributed by atoms with Crippen LogP contribution in [0.4, 0.5) is 0 Å². The highest BCUT2D eigenvalue weighted by Crippen LogP contribution is 2.22. The predicted molar refractivity (Wildman–Crippen MR) is 84.7 cm³/mol. The molecular formula is C14H15NO4S2. The topological polar surface area (TPSA) is 55.8 Å². The van der Waals surface area contributed by atoms with Crippen molar-refractivity contribution in [2.24, 2.45) is 0 Å². The third-order valence-corrected chi connectivity index (χ3v) is 4.32. The molecular weight excluding hydrogens is 310 g/mol. The van der Waals surface area contributed by atoms with Crippen LogP contribution in [0.5, 0.6) is 5.75 Å². The highest BCUT2D eigenvalue weighted by atomic mass is 32.2. The molecule has 0 aliphatic carbocycles. The number of carbonyl (C=O) groups excluding carboxylic acids is 2. The molecule has 0 unspecified atom stereocenters. The Kier molecular flexibility index (Phi) is 5.72. The first kappa shape index (κ1) is 15.9. The number of thiocarbonyl (C=S) groups is 1. The molecule has 0 atom stereocenters. The lowest BCUT2D eigenvalue weighted by Crippen LogP contribution is -2.32. The van der Waals surface area contributed by atoms with Crippen LogP contribution in [0.25, 0.3) is 0 Å². The smallest absolute Gasteiger partial charge is 0.235 e. The normalized spacial score (nSPS) is 14.3. The summed E-state index contributed by atoms with van der Waals surface area (Å²) >= 11 is 6.54. The summed E-state index contributed by atoms with van der Waals surface area (Å²) in [4.78, 5) is 25.9. The van der Waals surface area contributed by atoms with Crippen molar-refractivity contribution >= 4 is 40.0 Å². The average molecular weight is 325 g/mol. The van der Waals surface area contributed by atoms with Crippen molar-refractivity contribution in [1.82, 2.24) is 4.90 Å². The number of carbonyl (C=O) groups is 2. The molecule has 0 bridgehead atoms. The molecule has 2 rings (SSSR count). The van der Waals surface area contributed by atoms with E-state index in [-0.39, 0.29) is 24.9 Å². The van der Waals surface area contributed by atoms with Gasteiger partial charge in [0, 0.05) is 19.4 Å². The van der Waals surface area contributed by atoms with Crippen LogP contribution in [0.15, 0.2) is 24.3 Å². The molecule has 21 heavy (non-hydrogen) atoms. The molecule has 1 aliphatic heterocycles. The Morgan fingerprint density at radius 1 is 1.38 bits per heavy atom. The summed E-state index contributed by atoms with van der Waals surface area (Å²) in [5.41, 5.74) is 0.376. The maximum atomic E-state index is 12.3. The second-order valence-corrected chi connectivity index (χ2v) is 6.04. The third-order valence-electron chi connectivity index (χ3n) is 2.89. The van der Waals surface area contributed by atoms with Gasteiger partial charge in [-0.25, -0.2) is 0 Å². The number of hydrogen-bond donors (Lipinski definition) is 0. The predicted octanol–water partition coefficient (Wildman–Crippen LogP) is 2.10. The molecule has 112 valence electrons. The van der Waals surface area contributed by atoms with E-state index in [4.69, 9.17) is 21.7 Å². The number of amides is 1. The zero-order valence-corrected chi connectivity index (χ0v) is 13.2. The third kappa shape index (κ3) is 4.03. The minimum atomic E-state index is -0.286. The number of methoxy groups -OCH3 is 1. The molecule has 0 spiro atoms. The van der Waals surface area contributed by atoms with Gasteiger partial charge in [0.1, 0.15) is 10.1 Å². The lowest BCUT2D eigenvalue weighted by Gasteiger charge is -2.15. The molecule has 1 aromatic rings. The van der Waals surface area contributed by atoms with Crippen LogP contribution in [0.2, 0.25) is 0 Å². The second-order valence-electron chi connectivity index (χ2n) is 4.31. The van der Waals surface area contributed by atoms with Crippen LogP contribution in [0.1, 0.15) is 16.8 Å². The number of ether oxygens (including phenoxy) is 2. The van der Waals surface area contributed by atoms with Crippen LogP contribution >= 0.6 is 24.0 Å². The van der Waals surface area contributed by atoms with Crippen molar-refractivity contribution in [2.45, 2.75) is 6.42 Å². The van der Waals surface area contributed by atoms with Crippen LogP contribution in [-0.2, 0) is 9.53 Å². The Morgan fingerprint density at radius 2 is 2.14 bits per heavy atom. The number of rotatable bonds is 6. The molecule has 1 heterocycles. The monoisotopic (exact) mass is 325 g/mol. The van der Waals surface area contributed by atoms with E-state index in [1.807, 2.05) is 0 Å². The SMILES string of the molecule is COCOc1ccccc1C(=O)CC(=O)N1CCSC1=S. The lowest BCUT2D eigenvalue weighted by molar-refractivity contribution is -0.125. The van der Waals surface area contributed by atoms with Crippen molar-refractivity contribution in [3.05, 3.63) is 29.8 Å². The fourth-order valence-corrected chi connectivity index (χ4v) is 3.13. The van der Waals surface area contributed by atoms with Crippen molar-refractivity contribution in [3.8, 4) is 5.75 Å². The molecule has 0 N–H and O–H groups in total. The Hall–Kier alpha value is -1.44. The number of ketones is 1. The van der Waals surface area contributed by atoms with Gasteiger partial charge in [-0.05, 0) is 12.1 Å². The van der Waals surface area contributed by atoms with Crippen molar-refractivity contribution in [2.75, 3.05) is 26.2 Å². The van der Waals surface area contributed by atoms with Gasteiger partial charge in [0.15, 0.2) is 12.6 Å². The molecule has 1 saturated heterocycles. The summed E-state index contributed by atoms with van der Waals surface area (Å²) in [6.45, 7) is 0.614. The highest BCUT2D eigenvalue weighted by molar-refractivity contribution is 8.23. The zero-order chi connectivity index (χ0) is 15.2. The fourth-order valence-electron chi connectivity index (χ4n) is 1.89. The number of hydrogen-bond acceptors (Lipinski definition) is 6. The molecule has 1 fully saturated rings. The Bertz CT molecular complexity index is 562. The van der Waals surface area contributed by atoms with E-state index in [0.29, 0.717) is 22.2 Å². The van der Waals surface area contributed by atoms with Gasteiger partial charge >= 0.3 is 0 Å². The van der Waals surface area contributed by atoms with E-state index >= 15 is 0 Å². The van der Waals surface area contributed by atoms with Crippen LogP contribution < -0.4 is 4.74 Å². The van der Waals surface area contributed by atoms with Crippen LogP contribution in [0.3, 0.4) is 0 Å². The first-order chi connectivity index (χ1) is 10.1. The summed E-state index contributed by atoms with van der Waals surface area (Å²) in [6, 6.07) is 6.80. The zero-order valence-electron chi connectivity index (χ0n) is 11.5. The summed E-state index contributed by atoms with van der Waals surface area (Å²) in [5.74, 6) is 0.644. The lowest BCUT2D eigenvalue weighted by atomic mass is 10.1.